The molecule has 0 saturated heterocycles. The molecule has 4 nitrogen and oxygen atoms in total. The zero-order valence-electron chi connectivity index (χ0n) is 10.7. The summed E-state index contributed by atoms with van der Waals surface area (Å²) in [5, 5.41) is 8.63. The van der Waals surface area contributed by atoms with Gasteiger partial charge < -0.3 is 5.32 Å². The molecule has 7 heteroatoms. The number of carbonyl (C=O) groups excluding carboxylic acids is 1. The molecule has 0 unspecified atom stereocenters. The highest BCUT2D eigenvalue weighted by Crippen LogP contribution is 2.25. The number of benzene rings is 1. The Morgan fingerprint density at radius 2 is 2.05 bits per heavy atom. The molecule has 0 aliphatic carbocycles. The third-order valence-electron chi connectivity index (χ3n) is 2.66. The Labute approximate surface area is 134 Å². The van der Waals surface area contributed by atoms with Crippen molar-refractivity contribution in [3.63, 3.8) is 0 Å². The van der Waals surface area contributed by atoms with Gasteiger partial charge in [0.2, 0.25) is 5.91 Å². The van der Waals surface area contributed by atoms with Gasteiger partial charge in [-0.1, -0.05) is 23.7 Å². The second-order valence-electron chi connectivity index (χ2n) is 4.21. The van der Waals surface area contributed by atoms with E-state index in [4.69, 9.17) is 11.6 Å². The van der Waals surface area contributed by atoms with Gasteiger partial charge in [0.25, 0.3) is 0 Å². The molecule has 1 aromatic carbocycles. The van der Waals surface area contributed by atoms with E-state index >= 15 is 0 Å². The summed E-state index contributed by atoms with van der Waals surface area (Å²) < 4.78 is 0. The summed E-state index contributed by atoms with van der Waals surface area (Å²) >= 11 is 8.77. The molecule has 0 bridgehead atoms. The third-order valence-corrected chi connectivity index (χ3v) is 4.54. The van der Waals surface area contributed by atoms with Crippen molar-refractivity contribution in [2.24, 2.45) is 0 Å². The standard InChI is InChI=1S/C14H10ClN3OS2/c15-10-3-1-9(2-4-10)13-17-11(8-21-13)7-12(19)18-14-16-5-6-20-14/h1-6,8H,7H2,(H,16,18,19). The van der Waals surface area contributed by atoms with Crippen LogP contribution in [0.2, 0.25) is 5.02 Å². The monoisotopic (exact) mass is 335 g/mol. The summed E-state index contributed by atoms with van der Waals surface area (Å²) in [5.41, 5.74) is 1.75. The van der Waals surface area contributed by atoms with Gasteiger partial charge in [0, 0.05) is 27.5 Å². The normalized spacial score (nSPS) is 10.5. The van der Waals surface area contributed by atoms with Gasteiger partial charge in [-0.3, -0.25) is 4.79 Å². The molecule has 0 atom stereocenters. The van der Waals surface area contributed by atoms with Crippen LogP contribution in [0.3, 0.4) is 0 Å². The van der Waals surface area contributed by atoms with Gasteiger partial charge >= 0.3 is 0 Å². The number of amides is 1. The Morgan fingerprint density at radius 3 is 2.76 bits per heavy atom. The van der Waals surface area contributed by atoms with Gasteiger partial charge in [-0.2, -0.15) is 0 Å². The minimum Gasteiger partial charge on any atom is -0.302 e. The number of anilines is 1. The Hall–Kier alpha value is -1.76. The molecule has 1 N–H and O–H groups in total. The van der Waals surface area contributed by atoms with Crippen LogP contribution in [0.5, 0.6) is 0 Å². The van der Waals surface area contributed by atoms with E-state index < -0.39 is 0 Å². The van der Waals surface area contributed by atoms with Crippen molar-refractivity contribution in [2.75, 3.05) is 5.32 Å². The van der Waals surface area contributed by atoms with Crippen LogP contribution in [0.4, 0.5) is 5.13 Å². The molecule has 0 aliphatic heterocycles. The van der Waals surface area contributed by atoms with Crippen molar-refractivity contribution in [3.8, 4) is 10.6 Å². The molecule has 0 spiro atoms. The van der Waals surface area contributed by atoms with Gasteiger partial charge in [0.15, 0.2) is 5.13 Å². The van der Waals surface area contributed by atoms with E-state index in [9.17, 15) is 4.79 Å². The molecule has 2 aromatic heterocycles. The largest absolute Gasteiger partial charge is 0.302 e. The maximum Gasteiger partial charge on any atom is 0.232 e. The zero-order chi connectivity index (χ0) is 14.7. The van der Waals surface area contributed by atoms with Crippen LogP contribution in [0.1, 0.15) is 5.69 Å². The molecule has 0 saturated carbocycles. The first-order valence-electron chi connectivity index (χ1n) is 6.10. The lowest BCUT2D eigenvalue weighted by Gasteiger charge is -1.99. The predicted octanol–water partition coefficient (Wildman–Crippen LogP) is 4.10. The van der Waals surface area contributed by atoms with E-state index in [1.807, 2.05) is 35.0 Å². The maximum absolute atomic E-state index is 11.9. The molecule has 21 heavy (non-hydrogen) atoms. The second-order valence-corrected chi connectivity index (χ2v) is 6.40. The van der Waals surface area contributed by atoms with Crippen molar-refractivity contribution in [1.29, 1.82) is 0 Å². The molecule has 0 radical (unpaired) electrons. The molecule has 0 aliphatic rings. The topological polar surface area (TPSA) is 54.9 Å². The minimum absolute atomic E-state index is 0.113. The van der Waals surface area contributed by atoms with Crippen LogP contribution in [0.15, 0.2) is 41.2 Å². The first-order chi connectivity index (χ1) is 10.2. The van der Waals surface area contributed by atoms with E-state index in [2.05, 4.69) is 15.3 Å². The summed E-state index contributed by atoms with van der Waals surface area (Å²) in [5.74, 6) is -0.113. The van der Waals surface area contributed by atoms with Gasteiger partial charge in [0.05, 0.1) is 12.1 Å². The van der Waals surface area contributed by atoms with E-state index in [0.717, 1.165) is 16.3 Å². The molecule has 0 fully saturated rings. The van der Waals surface area contributed by atoms with E-state index in [1.165, 1.54) is 22.7 Å². The van der Waals surface area contributed by atoms with Crippen LogP contribution < -0.4 is 5.32 Å². The summed E-state index contributed by atoms with van der Waals surface area (Å²) in [6.07, 6.45) is 1.89. The first kappa shape index (κ1) is 14.2. The number of aromatic nitrogens is 2. The molecule has 3 rings (SSSR count). The number of nitrogens with one attached hydrogen (secondary N) is 1. The smallest absolute Gasteiger partial charge is 0.232 e. The van der Waals surface area contributed by atoms with Crippen LogP contribution >= 0.6 is 34.3 Å². The average molecular weight is 336 g/mol. The fraction of sp³-hybridized carbons (Fsp3) is 0.0714. The van der Waals surface area contributed by atoms with Crippen molar-refractivity contribution in [1.82, 2.24) is 9.97 Å². The summed E-state index contributed by atoms with van der Waals surface area (Å²) in [6.45, 7) is 0. The second kappa shape index (κ2) is 6.34. The average Bonchev–Trinajstić information content (AvgIpc) is 3.11. The number of thiazole rings is 2. The quantitative estimate of drug-likeness (QED) is 0.781. The minimum atomic E-state index is -0.113. The van der Waals surface area contributed by atoms with Crippen LogP contribution in [0.25, 0.3) is 10.6 Å². The SMILES string of the molecule is O=C(Cc1csc(-c2ccc(Cl)cc2)n1)Nc1nccs1. The van der Waals surface area contributed by atoms with Gasteiger partial charge in [-0.15, -0.1) is 22.7 Å². The van der Waals surface area contributed by atoms with Gasteiger partial charge in [0.1, 0.15) is 5.01 Å². The van der Waals surface area contributed by atoms with Crippen LogP contribution in [-0.4, -0.2) is 15.9 Å². The highest BCUT2D eigenvalue weighted by atomic mass is 35.5. The summed E-state index contributed by atoms with van der Waals surface area (Å²) in [4.78, 5) is 20.4. The number of halogens is 1. The lowest BCUT2D eigenvalue weighted by Crippen LogP contribution is -2.14. The molecule has 1 amide bonds. The van der Waals surface area contributed by atoms with Crippen molar-refractivity contribution < 1.29 is 4.79 Å². The van der Waals surface area contributed by atoms with Crippen molar-refractivity contribution >= 4 is 45.3 Å². The number of hydrogen-bond donors (Lipinski definition) is 1. The number of rotatable bonds is 4. The van der Waals surface area contributed by atoms with Gasteiger partial charge in [-0.05, 0) is 12.1 Å². The Bertz CT molecular complexity index is 738. The maximum atomic E-state index is 11.9. The highest BCUT2D eigenvalue weighted by Gasteiger charge is 2.10. The molecular formula is C14H10ClN3OS2. The summed E-state index contributed by atoms with van der Waals surface area (Å²) in [6, 6.07) is 7.49. The van der Waals surface area contributed by atoms with Crippen molar-refractivity contribution in [2.45, 2.75) is 6.42 Å². The Kier molecular flexibility index (Phi) is 4.28. The molecule has 2 heterocycles. The number of nitrogens with zero attached hydrogens (tertiary/aromatic N) is 2. The van der Waals surface area contributed by atoms with E-state index in [1.54, 1.807) is 6.20 Å². The predicted molar refractivity (Wildman–Crippen MR) is 87.0 cm³/mol. The summed E-state index contributed by atoms with van der Waals surface area (Å²) in [7, 11) is 0. The van der Waals surface area contributed by atoms with Crippen LogP contribution in [-0.2, 0) is 11.2 Å². The third kappa shape index (κ3) is 3.66. The Balaban J connectivity index is 1.67. The van der Waals surface area contributed by atoms with Crippen molar-refractivity contribution in [3.05, 3.63) is 51.9 Å². The fourth-order valence-electron chi connectivity index (χ4n) is 1.73. The van der Waals surface area contributed by atoms with Crippen LogP contribution in [0, 0.1) is 0 Å². The lowest BCUT2D eigenvalue weighted by atomic mass is 10.2. The first-order valence-corrected chi connectivity index (χ1v) is 8.24. The number of hydrogen-bond acceptors (Lipinski definition) is 5. The molecular weight excluding hydrogens is 326 g/mol. The molecule has 106 valence electrons. The number of carbonyl (C=O) groups is 1. The Morgan fingerprint density at radius 1 is 1.24 bits per heavy atom. The van der Waals surface area contributed by atoms with E-state index in [0.29, 0.717) is 10.2 Å². The van der Waals surface area contributed by atoms with E-state index in [-0.39, 0.29) is 12.3 Å². The van der Waals surface area contributed by atoms with Gasteiger partial charge in [-0.25, -0.2) is 9.97 Å². The zero-order valence-corrected chi connectivity index (χ0v) is 13.1. The fourth-order valence-corrected chi connectivity index (χ4v) is 3.22. The lowest BCUT2D eigenvalue weighted by molar-refractivity contribution is -0.115. The molecule has 3 aromatic rings. The highest BCUT2D eigenvalue weighted by molar-refractivity contribution is 7.13.